The minimum absolute atomic E-state index is 0.206. The molecule has 4 heteroatoms. The molecule has 0 saturated carbocycles. The Bertz CT molecular complexity index is 411. The van der Waals surface area contributed by atoms with Crippen LogP contribution in [0.3, 0.4) is 0 Å². The number of nitrogens with zero attached hydrogens (tertiary/aromatic N) is 2. The maximum Gasteiger partial charge on any atom is 0.0766 e. The van der Waals surface area contributed by atoms with Crippen molar-refractivity contribution in [3.05, 3.63) is 15.9 Å². The molecule has 0 saturated heterocycles. The molecule has 1 atom stereocenters. The molecule has 0 radical (unpaired) electrons. The molecule has 1 aromatic heterocycles. The van der Waals surface area contributed by atoms with Crippen LogP contribution in [0.15, 0.2) is 4.47 Å². The van der Waals surface area contributed by atoms with Crippen molar-refractivity contribution in [2.24, 2.45) is 5.41 Å². The van der Waals surface area contributed by atoms with E-state index in [2.05, 4.69) is 48.3 Å². The van der Waals surface area contributed by atoms with E-state index in [-0.39, 0.29) is 5.41 Å². The molecule has 0 fully saturated rings. The summed E-state index contributed by atoms with van der Waals surface area (Å²) in [5.41, 5.74) is 2.69. The molecule has 20 heavy (non-hydrogen) atoms. The Morgan fingerprint density at radius 1 is 1.25 bits per heavy atom. The lowest BCUT2D eigenvalue weighted by atomic mass is 9.78. The Labute approximate surface area is 137 Å². The van der Waals surface area contributed by atoms with Gasteiger partial charge in [-0.25, -0.2) is 0 Å². The van der Waals surface area contributed by atoms with Gasteiger partial charge in [0.15, 0.2) is 0 Å². The van der Waals surface area contributed by atoms with Crippen LogP contribution in [0.4, 0.5) is 0 Å². The number of hydrogen-bond donors (Lipinski definition) is 0. The van der Waals surface area contributed by atoms with Crippen molar-refractivity contribution >= 4 is 27.5 Å². The van der Waals surface area contributed by atoms with Crippen LogP contribution in [0.5, 0.6) is 0 Å². The lowest BCUT2D eigenvalue weighted by molar-refractivity contribution is 0.271. The molecule has 1 heterocycles. The smallest absolute Gasteiger partial charge is 0.0766 e. The van der Waals surface area contributed by atoms with Gasteiger partial charge in [0.25, 0.3) is 0 Å². The highest BCUT2D eigenvalue weighted by molar-refractivity contribution is 9.10. The van der Waals surface area contributed by atoms with Gasteiger partial charge in [-0.1, -0.05) is 33.6 Å². The highest BCUT2D eigenvalue weighted by atomic mass is 79.9. The van der Waals surface area contributed by atoms with Gasteiger partial charge in [-0.3, -0.25) is 4.68 Å². The summed E-state index contributed by atoms with van der Waals surface area (Å²) in [4.78, 5) is 0. The van der Waals surface area contributed by atoms with E-state index in [1.807, 2.05) is 0 Å². The Morgan fingerprint density at radius 3 is 2.40 bits per heavy atom. The van der Waals surface area contributed by atoms with Gasteiger partial charge in [0, 0.05) is 12.4 Å². The molecule has 1 unspecified atom stereocenters. The second-order valence-corrected chi connectivity index (χ2v) is 6.70. The maximum absolute atomic E-state index is 6.35. The Balaban J connectivity index is 3.06. The molecule has 0 aliphatic carbocycles. The van der Waals surface area contributed by atoms with Crippen LogP contribution >= 0.6 is 27.5 Å². The third-order valence-corrected chi connectivity index (χ3v) is 5.81. The van der Waals surface area contributed by atoms with Gasteiger partial charge in [0.05, 0.1) is 15.9 Å². The van der Waals surface area contributed by atoms with Crippen molar-refractivity contribution in [3.63, 3.8) is 0 Å². The quantitative estimate of drug-likeness (QED) is 0.522. The van der Waals surface area contributed by atoms with E-state index in [1.165, 1.54) is 29.4 Å². The topological polar surface area (TPSA) is 17.8 Å². The minimum Gasteiger partial charge on any atom is -0.268 e. The number of rotatable bonds is 9. The number of halogens is 2. The van der Waals surface area contributed by atoms with Gasteiger partial charge in [-0.05, 0) is 54.0 Å². The minimum atomic E-state index is 0.206. The zero-order valence-corrected chi connectivity index (χ0v) is 15.6. The average Bonchev–Trinajstić information content (AvgIpc) is 2.79. The molecule has 0 spiro atoms. The van der Waals surface area contributed by atoms with E-state index in [4.69, 9.17) is 16.7 Å². The normalized spacial score (nSPS) is 14.5. The monoisotopic (exact) mass is 362 g/mol. The third kappa shape index (κ3) is 4.00. The third-order valence-electron chi connectivity index (χ3n) is 4.33. The first-order valence-corrected chi connectivity index (χ1v) is 9.20. The van der Waals surface area contributed by atoms with Crippen LogP contribution in [-0.4, -0.2) is 15.7 Å². The van der Waals surface area contributed by atoms with Gasteiger partial charge >= 0.3 is 0 Å². The number of aryl methyl sites for hydroxylation is 2. The Morgan fingerprint density at radius 2 is 1.95 bits per heavy atom. The molecule has 1 aromatic rings. The van der Waals surface area contributed by atoms with E-state index >= 15 is 0 Å². The van der Waals surface area contributed by atoms with Crippen LogP contribution < -0.4 is 0 Å². The van der Waals surface area contributed by atoms with Crippen LogP contribution in [-0.2, 0) is 19.4 Å². The summed E-state index contributed by atoms with van der Waals surface area (Å²) < 4.78 is 3.34. The largest absolute Gasteiger partial charge is 0.268 e. The lowest BCUT2D eigenvalue weighted by Crippen LogP contribution is -2.27. The van der Waals surface area contributed by atoms with E-state index < -0.39 is 0 Å². The van der Waals surface area contributed by atoms with E-state index in [9.17, 15) is 0 Å². The van der Waals surface area contributed by atoms with Crippen molar-refractivity contribution in [1.29, 1.82) is 0 Å². The summed E-state index contributed by atoms with van der Waals surface area (Å²) >= 11 is 10.1. The van der Waals surface area contributed by atoms with E-state index in [0.29, 0.717) is 0 Å². The first-order valence-electron chi connectivity index (χ1n) is 7.87. The number of alkyl halides is 1. The van der Waals surface area contributed by atoms with Crippen molar-refractivity contribution in [1.82, 2.24) is 9.78 Å². The van der Waals surface area contributed by atoms with Gasteiger partial charge in [0.2, 0.25) is 0 Å². The predicted molar refractivity (Wildman–Crippen MR) is 91.7 cm³/mol. The van der Waals surface area contributed by atoms with E-state index in [0.717, 1.165) is 37.4 Å². The summed E-state index contributed by atoms with van der Waals surface area (Å²) in [5.74, 6) is 0.728. The molecule has 116 valence electrons. The molecule has 0 aliphatic heterocycles. The van der Waals surface area contributed by atoms with Gasteiger partial charge in [0.1, 0.15) is 0 Å². The molecule has 0 bridgehead atoms. The summed E-state index contributed by atoms with van der Waals surface area (Å²) in [7, 11) is 0. The summed E-state index contributed by atoms with van der Waals surface area (Å²) in [6, 6.07) is 0. The fourth-order valence-corrected chi connectivity index (χ4v) is 3.81. The van der Waals surface area contributed by atoms with Crippen molar-refractivity contribution in [2.45, 2.75) is 72.8 Å². The van der Waals surface area contributed by atoms with Crippen LogP contribution in [0.25, 0.3) is 0 Å². The highest BCUT2D eigenvalue weighted by Gasteiger charge is 2.30. The zero-order chi connectivity index (χ0) is 15.2. The summed E-state index contributed by atoms with van der Waals surface area (Å²) in [5, 5.41) is 4.71. The molecule has 0 aliphatic rings. The fourth-order valence-electron chi connectivity index (χ4n) is 2.69. The van der Waals surface area contributed by atoms with Crippen LogP contribution in [0.2, 0.25) is 0 Å². The number of unbranched alkanes of at least 4 members (excludes halogenated alkanes) is 1. The standard InChI is InChI=1S/C16H28BrClN2/c1-5-9-10-16(7-3,12-18)11-14-15(17)13(6-2)19-20(14)8-4/h5-12H2,1-4H3. The Kier molecular flexibility index (Phi) is 7.60. The maximum atomic E-state index is 6.35. The lowest BCUT2D eigenvalue weighted by Gasteiger charge is -2.31. The molecule has 0 N–H and O–H groups in total. The van der Waals surface area contributed by atoms with Crippen LogP contribution in [0.1, 0.15) is 64.8 Å². The zero-order valence-electron chi connectivity index (χ0n) is 13.3. The number of hydrogen-bond acceptors (Lipinski definition) is 1. The SMILES string of the molecule is CCCCC(CC)(CCl)Cc1c(Br)c(CC)nn1CC. The summed E-state index contributed by atoms with van der Waals surface area (Å²) in [6.45, 7) is 9.74. The van der Waals surface area contributed by atoms with Gasteiger partial charge in [-0.2, -0.15) is 5.10 Å². The molecule has 0 aromatic carbocycles. The molecule has 0 amide bonds. The first-order chi connectivity index (χ1) is 9.57. The van der Waals surface area contributed by atoms with Crippen molar-refractivity contribution < 1.29 is 0 Å². The predicted octanol–water partition coefficient (Wildman–Crippen LogP) is 5.60. The van der Waals surface area contributed by atoms with E-state index in [1.54, 1.807) is 0 Å². The number of aromatic nitrogens is 2. The summed E-state index contributed by atoms with van der Waals surface area (Å²) in [6.07, 6.45) is 6.79. The van der Waals surface area contributed by atoms with Gasteiger partial charge < -0.3 is 0 Å². The fraction of sp³-hybridized carbons (Fsp3) is 0.812. The van der Waals surface area contributed by atoms with Crippen LogP contribution in [0, 0.1) is 5.41 Å². The Hall–Kier alpha value is -0.0200. The second-order valence-electron chi connectivity index (χ2n) is 5.64. The first kappa shape index (κ1) is 18.0. The molecular weight excluding hydrogens is 336 g/mol. The second kappa shape index (κ2) is 8.43. The molecular formula is C16H28BrClN2. The van der Waals surface area contributed by atoms with Crippen molar-refractivity contribution in [2.75, 3.05) is 5.88 Å². The highest BCUT2D eigenvalue weighted by Crippen LogP contribution is 2.37. The van der Waals surface area contributed by atoms with Crippen molar-refractivity contribution in [3.8, 4) is 0 Å². The van der Waals surface area contributed by atoms with Gasteiger partial charge in [-0.15, -0.1) is 11.6 Å². The average molecular weight is 364 g/mol. The molecule has 1 rings (SSSR count). The molecule has 2 nitrogen and oxygen atoms in total.